The summed E-state index contributed by atoms with van der Waals surface area (Å²) in [5.41, 5.74) is 2.24. The van der Waals surface area contributed by atoms with Crippen LogP contribution in [0.15, 0.2) is 12.1 Å². The molecule has 1 aromatic carbocycles. The summed E-state index contributed by atoms with van der Waals surface area (Å²) in [7, 11) is 1.49. The zero-order valence-corrected chi connectivity index (χ0v) is 13.9. The smallest absolute Gasteiger partial charge is 0.311 e. The first kappa shape index (κ1) is 16.7. The number of methoxy groups -OCH3 is 1. The second-order valence-electron chi connectivity index (χ2n) is 6.40. The lowest BCUT2D eigenvalue weighted by Gasteiger charge is -2.33. The summed E-state index contributed by atoms with van der Waals surface area (Å²) in [4.78, 5) is 13.2. The predicted molar refractivity (Wildman–Crippen MR) is 87.4 cm³/mol. The van der Waals surface area contributed by atoms with Crippen molar-refractivity contribution in [2.45, 2.75) is 39.5 Å². The van der Waals surface area contributed by atoms with Crippen LogP contribution in [0.4, 0.5) is 5.69 Å². The van der Waals surface area contributed by atoms with Crippen molar-refractivity contribution in [3.63, 3.8) is 0 Å². The normalized spacial score (nSPS) is 17.0. The Morgan fingerprint density at radius 3 is 2.50 bits per heavy atom. The third-order valence-corrected chi connectivity index (χ3v) is 4.33. The molecule has 5 heteroatoms. The highest BCUT2D eigenvalue weighted by atomic mass is 16.6. The van der Waals surface area contributed by atoms with E-state index in [9.17, 15) is 10.1 Å². The second-order valence-corrected chi connectivity index (χ2v) is 6.40. The monoisotopic (exact) mass is 305 g/mol. The SMILES string of the molecule is COc1cc(C2CCN(C[C](C)C)CC2)c(C)cc1[N+](=O)[O-]. The van der Waals surface area contributed by atoms with Crippen LogP contribution in [-0.2, 0) is 0 Å². The Morgan fingerprint density at radius 1 is 1.36 bits per heavy atom. The molecule has 0 N–H and O–H groups in total. The summed E-state index contributed by atoms with van der Waals surface area (Å²) >= 11 is 0. The van der Waals surface area contributed by atoms with Crippen LogP contribution in [0.1, 0.15) is 43.7 Å². The molecule has 0 atom stereocenters. The number of aryl methyl sites for hydroxylation is 1. The molecule has 1 aromatic rings. The van der Waals surface area contributed by atoms with Gasteiger partial charge in [0.05, 0.1) is 12.0 Å². The van der Waals surface area contributed by atoms with Gasteiger partial charge < -0.3 is 9.64 Å². The average molecular weight is 305 g/mol. The van der Waals surface area contributed by atoms with Gasteiger partial charge in [0.1, 0.15) is 0 Å². The largest absolute Gasteiger partial charge is 0.490 e. The van der Waals surface area contributed by atoms with Crippen LogP contribution in [-0.4, -0.2) is 36.6 Å². The molecule has 5 nitrogen and oxygen atoms in total. The van der Waals surface area contributed by atoms with Gasteiger partial charge in [0, 0.05) is 12.6 Å². The van der Waals surface area contributed by atoms with E-state index >= 15 is 0 Å². The molecule has 0 bridgehead atoms. The highest BCUT2D eigenvalue weighted by Gasteiger charge is 2.25. The van der Waals surface area contributed by atoms with E-state index in [0.29, 0.717) is 11.7 Å². The molecule has 1 radical (unpaired) electrons. The molecule has 0 aromatic heterocycles. The van der Waals surface area contributed by atoms with Gasteiger partial charge in [0.15, 0.2) is 5.75 Å². The Morgan fingerprint density at radius 2 is 2.00 bits per heavy atom. The van der Waals surface area contributed by atoms with E-state index in [2.05, 4.69) is 18.7 Å². The number of rotatable bonds is 5. The molecule has 0 saturated carbocycles. The van der Waals surface area contributed by atoms with Crippen LogP contribution in [0.5, 0.6) is 5.75 Å². The van der Waals surface area contributed by atoms with Crippen LogP contribution in [0, 0.1) is 23.0 Å². The zero-order chi connectivity index (χ0) is 16.3. The van der Waals surface area contributed by atoms with E-state index in [-0.39, 0.29) is 10.6 Å². The summed E-state index contributed by atoms with van der Waals surface area (Å²) in [5, 5.41) is 11.1. The predicted octanol–water partition coefficient (Wildman–Crippen LogP) is 3.71. The fourth-order valence-electron chi connectivity index (χ4n) is 3.28. The third-order valence-electron chi connectivity index (χ3n) is 4.33. The van der Waals surface area contributed by atoms with Gasteiger partial charge in [-0.1, -0.05) is 13.8 Å². The Balaban J connectivity index is 2.15. The van der Waals surface area contributed by atoms with Gasteiger partial charge in [-0.05, 0) is 61.9 Å². The first-order chi connectivity index (χ1) is 10.4. The van der Waals surface area contributed by atoms with Gasteiger partial charge in [-0.2, -0.15) is 0 Å². The van der Waals surface area contributed by atoms with Crippen molar-refractivity contribution in [2.24, 2.45) is 0 Å². The minimum atomic E-state index is -0.377. The molecule has 22 heavy (non-hydrogen) atoms. The van der Waals surface area contributed by atoms with Crippen molar-refractivity contribution in [3.8, 4) is 5.75 Å². The lowest BCUT2D eigenvalue weighted by atomic mass is 9.86. The maximum absolute atomic E-state index is 11.1. The van der Waals surface area contributed by atoms with Crippen molar-refractivity contribution in [3.05, 3.63) is 39.3 Å². The fourth-order valence-corrected chi connectivity index (χ4v) is 3.28. The van der Waals surface area contributed by atoms with Crippen molar-refractivity contribution in [1.29, 1.82) is 0 Å². The number of benzene rings is 1. The van der Waals surface area contributed by atoms with E-state index in [1.54, 1.807) is 6.07 Å². The van der Waals surface area contributed by atoms with Gasteiger partial charge in [-0.3, -0.25) is 10.1 Å². The quantitative estimate of drug-likeness (QED) is 0.615. The van der Waals surface area contributed by atoms with E-state index in [1.807, 2.05) is 13.0 Å². The first-order valence-electron chi connectivity index (χ1n) is 7.76. The molecular weight excluding hydrogens is 280 g/mol. The molecule has 1 fully saturated rings. The van der Waals surface area contributed by atoms with E-state index in [4.69, 9.17) is 4.74 Å². The molecule has 1 heterocycles. The van der Waals surface area contributed by atoms with Gasteiger partial charge >= 0.3 is 5.69 Å². The molecule has 0 amide bonds. The zero-order valence-electron chi connectivity index (χ0n) is 13.9. The van der Waals surface area contributed by atoms with E-state index in [0.717, 1.165) is 38.0 Å². The Labute approximate surface area is 132 Å². The number of likely N-dealkylation sites (tertiary alicyclic amines) is 1. The highest BCUT2D eigenvalue weighted by Crippen LogP contribution is 2.37. The molecule has 0 aliphatic carbocycles. The number of hydrogen-bond acceptors (Lipinski definition) is 4. The lowest BCUT2D eigenvalue weighted by Crippen LogP contribution is -2.35. The van der Waals surface area contributed by atoms with Crippen molar-refractivity contribution < 1.29 is 9.66 Å². The number of hydrogen-bond donors (Lipinski definition) is 0. The number of nitro groups is 1. The van der Waals surface area contributed by atoms with Crippen molar-refractivity contribution >= 4 is 5.69 Å². The molecule has 0 unspecified atom stereocenters. The minimum absolute atomic E-state index is 0.0531. The molecule has 1 aliphatic rings. The molecule has 1 aliphatic heterocycles. The standard InChI is InChI=1S/C17H25N2O3/c1-12(2)11-18-7-5-14(6-8-18)15-10-17(22-4)16(19(20)21)9-13(15)3/h9-10,14H,5-8,11H2,1-4H3. The van der Waals surface area contributed by atoms with Crippen molar-refractivity contribution in [2.75, 3.05) is 26.7 Å². The van der Waals surface area contributed by atoms with Gasteiger partial charge in [-0.15, -0.1) is 0 Å². The lowest BCUT2D eigenvalue weighted by molar-refractivity contribution is -0.385. The summed E-state index contributed by atoms with van der Waals surface area (Å²) < 4.78 is 5.21. The molecule has 1 saturated heterocycles. The van der Waals surface area contributed by atoms with Gasteiger partial charge in [0.25, 0.3) is 0 Å². The summed E-state index contributed by atoms with van der Waals surface area (Å²) in [5.74, 6) is 2.26. The minimum Gasteiger partial charge on any atom is -0.490 e. The molecule has 121 valence electrons. The van der Waals surface area contributed by atoms with Gasteiger partial charge in [0.2, 0.25) is 0 Å². The first-order valence-corrected chi connectivity index (χ1v) is 7.76. The van der Waals surface area contributed by atoms with Crippen molar-refractivity contribution in [1.82, 2.24) is 4.90 Å². The van der Waals surface area contributed by atoms with E-state index in [1.165, 1.54) is 18.6 Å². The van der Waals surface area contributed by atoms with Crippen LogP contribution < -0.4 is 4.74 Å². The van der Waals surface area contributed by atoms with Crippen LogP contribution in [0.3, 0.4) is 0 Å². The number of nitro benzene ring substituents is 1. The van der Waals surface area contributed by atoms with Crippen LogP contribution in [0.25, 0.3) is 0 Å². The average Bonchev–Trinajstić information content (AvgIpc) is 2.47. The number of piperidine rings is 1. The third kappa shape index (κ3) is 3.77. The number of ether oxygens (including phenoxy) is 1. The fraction of sp³-hybridized carbons (Fsp3) is 0.588. The maximum Gasteiger partial charge on any atom is 0.311 e. The maximum atomic E-state index is 11.1. The second kappa shape index (κ2) is 7.09. The molecule has 2 rings (SSSR count). The highest BCUT2D eigenvalue weighted by molar-refractivity contribution is 5.52. The Bertz CT molecular complexity index is 535. The molecule has 0 spiro atoms. The Kier molecular flexibility index (Phi) is 5.40. The van der Waals surface area contributed by atoms with Crippen LogP contribution in [0.2, 0.25) is 0 Å². The Hall–Kier alpha value is -1.62. The summed E-state index contributed by atoms with van der Waals surface area (Å²) in [6, 6.07) is 3.51. The van der Waals surface area contributed by atoms with E-state index < -0.39 is 0 Å². The van der Waals surface area contributed by atoms with Gasteiger partial charge in [-0.25, -0.2) is 0 Å². The topological polar surface area (TPSA) is 55.6 Å². The molecular formula is C17H25N2O3. The van der Waals surface area contributed by atoms with Crippen LogP contribution >= 0.6 is 0 Å². The summed E-state index contributed by atoms with van der Waals surface area (Å²) in [6.07, 6.45) is 2.18. The number of nitrogens with zero attached hydrogens (tertiary/aromatic N) is 2. The summed E-state index contributed by atoms with van der Waals surface area (Å²) in [6.45, 7) is 9.51.